The first-order chi connectivity index (χ1) is 13.5. The molecule has 0 bridgehead atoms. The van der Waals surface area contributed by atoms with Crippen molar-refractivity contribution in [3.63, 3.8) is 0 Å². The third kappa shape index (κ3) is 3.61. The molecule has 148 valence electrons. The molecule has 0 spiro atoms. The number of aliphatic hydroxyl groups excluding tert-OH is 1. The van der Waals surface area contributed by atoms with Crippen molar-refractivity contribution in [2.45, 2.75) is 12.5 Å². The molecule has 1 unspecified atom stereocenters. The van der Waals surface area contributed by atoms with E-state index in [9.17, 15) is 19.8 Å². The fourth-order valence-corrected chi connectivity index (χ4v) is 3.94. The van der Waals surface area contributed by atoms with Crippen LogP contribution in [0.25, 0.3) is 0 Å². The van der Waals surface area contributed by atoms with Gasteiger partial charge in [0.05, 0.1) is 23.6 Å². The molecular formula is C20H21NO6S. The van der Waals surface area contributed by atoms with Crippen LogP contribution in [0.3, 0.4) is 0 Å². The van der Waals surface area contributed by atoms with Gasteiger partial charge in [-0.15, -0.1) is 11.3 Å². The quantitative estimate of drug-likeness (QED) is 0.519. The highest BCUT2D eigenvalue weighted by atomic mass is 32.1. The van der Waals surface area contributed by atoms with Gasteiger partial charge in [0.2, 0.25) is 5.78 Å². The summed E-state index contributed by atoms with van der Waals surface area (Å²) in [4.78, 5) is 27.6. The van der Waals surface area contributed by atoms with E-state index in [0.29, 0.717) is 23.5 Å². The Bertz CT molecular complexity index is 905. The molecule has 1 atom stereocenters. The number of amides is 1. The maximum absolute atomic E-state index is 13.0. The molecular weight excluding hydrogens is 382 g/mol. The van der Waals surface area contributed by atoms with Crippen LogP contribution in [-0.2, 0) is 9.53 Å². The van der Waals surface area contributed by atoms with Crippen LogP contribution in [0.1, 0.15) is 27.7 Å². The average molecular weight is 403 g/mol. The zero-order valence-corrected chi connectivity index (χ0v) is 16.4. The molecule has 2 aromatic rings. The molecule has 0 radical (unpaired) electrons. The monoisotopic (exact) mass is 403 g/mol. The summed E-state index contributed by atoms with van der Waals surface area (Å²) < 4.78 is 10.1. The molecule has 28 heavy (non-hydrogen) atoms. The van der Waals surface area contributed by atoms with Gasteiger partial charge in [-0.25, -0.2) is 0 Å². The number of rotatable bonds is 8. The normalized spacial score (nSPS) is 16.7. The minimum Gasteiger partial charge on any atom is -0.504 e. The number of aromatic hydroxyl groups is 1. The molecule has 3 rings (SSSR count). The maximum Gasteiger partial charge on any atom is 0.290 e. The lowest BCUT2D eigenvalue weighted by molar-refractivity contribution is -0.129. The molecule has 1 aliphatic heterocycles. The minimum atomic E-state index is -0.809. The zero-order valence-electron chi connectivity index (χ0n) is 15.5. The Morgan fingerprint density at radius 2 is 2.04 bits per heavy atom. The van der Waals surface area contributed by atoms with Crippen molar-refractivity contribution < 1.29 is 29.3 Å². The van der Waals surface area contributed by atoms with Crippen molar-refractivity contribution in [2.75, 3.05) is 27.4 Å². The lowest BCUT2D eigenvalue weighted by Gasteiger charge is -2.27. The maximum atomic E-state index is 13.0. The summed E-state index contributed by atoms with van der Waals surface area (Å²) in [7, 11) is 2.99. The first-order valence-corrected chi connectivity index (χ1v) is 9.55. The molecule has 0 aliphatic carbocycles. The van der Waals surface area contributed by atoms with Crippen LogP contribution in [0.2, 0.25) is 0 Å². The van der Waals surface area contributed by atoms with E-state index in [1.807, 2.05) is 0 Å². The SMILES string of the molecule is COCCCN1C(=O)C(O)=C(C(=O)c2cccs2)C1c1ccc(OC)c(O)c1. The van der Waals surface area contributed by atoms with Crippen LogP contribution in [0, 0.1) is 0 Å². The van der Waals surface area contributed by atoms with Gasteiger partial charge in [-0.1, -0.05) is 12.1 Å². The van der Waals surface area contributed by atoms with Gasteiger partial charge >= 0.3 is 0 Å². The molecule has 0 saturated heterocycles. The fraction of sp³-hybridized carbons (Fsp3) is 0.300. The number of thiophene rings is 1. The molecule has 1 aromatic heterocycles. The largest absolute Gasteiger partial charge is 0.504 e. The summed E-state index contributed by atoms with van der Waals surface area (Å²) in [6, 6.07) is 7.24. The number of nitrogens with zero attached hydrogens (tertiary/aromatic N) is 1. The van der Waals surface area contributed by atoms with E-state index in [-0.39, 0.29) is 23.6 Å². The van der Waals surface area contributed by atoms with E-state index in [4.69, 9.17) is 9.47 Å². The summed E-state index contributed by atoms with van der Waals surface area (Å²) >= 11 is 1.24. The summed E-state index contributed by atoms with van der Waals surface area (Å²) in [6.45, 7) is 0.717. The average Bonchev–Trinajstić information content (AvgIpc) is 3.30. The fourth-order valence-electron chi connectivity index (χ4n) is 3.26. The Morgan fingerprint density at radius 1 is 1.25 bits per heavy atom. The van der Waals surface area contributed by atoms with Crippen LogP contribution in [-0.4, -0.2) is 54.2 Å². The lowest BCUT2D eigenvalue weighted by Crippen LogP contribution is -2.32. The van der Waals surface area contributed by atoms with Gasteiger partial charge in [0.15, 0.2) is 17.3 Å². The predicted molar refractivity (Wildman–Crippen MR) is 104 cm³/mol. The lowest BCUT2D eigenvalue weighted by atomic mass is 9.95. The van der Waals surface area contributed by atoms with Crippen molar-refractivity contribution in [3.05, 3.63) is 57.5 Å². The summed E-state index contributed by atoms with van der Waals surface area (Å²) in [5.41, 5.74) is 0.516. The van der Waals surface area contributed by atoms with Gasteiger partial charge in [-0.3, -0.25) is 9.59 Å². The number of carbonyl (C=O) groups is 2. The molecule has 7 nitrogen and oxygen atoms in total. The van der Waals surface area contributed by atoms with Crippen molar-refractivity contribution in [1.82, 2.24) is 4.90 Å². The van der Waals surface area contributed by atoms with Gasteiger partial charge < -0.3 is 24.6 Å². The van der Waals surface area contributed by atoms with Crippen LogP contribution in [0.5, 0.6) is 11.5 Å². The number of Topliss-reactive ketones (excluding diaryl/α,β-unsaturated/α-hetero) is 1. The van der Waals surface area contributed by atoms with Crippen molar-refractivity contribution in [2.24, 2.45) is 0 Å². The highest BCUT2D eigenvalue weighted by molar-refractivity contribution is 7.12. The number of benzene rings is 1. The molecule has 2 N–H and O–H groups in total. The van der Waals surface area contributed by atoms with Gasteiger partial charge in [0, 0.05) is 20.3 Å². The number of carbonyl (C=O) groups excluding carboxylic acids is 2. The minimum absolute atomic E-state index is 0.00873. The molecule has 0 saturated carbocycles. The second-order valence-electron chi connectivity index (χ2n) is 6.25. The first-order valence-electron chi connectivity index (χ1n) is 8.67. The Hall–Kier alpha value is -2.84. The van der Waals surface area contributed by atoms with E-state index in [1.54, 1.807) is 36.8 Å². The standard InChI is InChI=1S/C20H21NO6S/c1-26-9-4-8-21-17(12-6-7-14(27-2)13(22)11-12)16(19(24)20(21)25)18(23)15-5-3-10-28-15/h3,5-7,10-11,17,22,24H,4,8-9H2,1-2H3. The number of hydrogen-bond acceptors (Lipinski definition) is 7. The number of ether oxygens (including phenoxy) is 2. The third-order valence-electron chi connectivity index (χ3n) is 4.56. The Labute approximate surface area is 166 Å². The second-order valence-corrected chi connectivity index (χ2v) is 7.20. The van der Waals surface area contributed by atoms with E-state index in [0.717, 1.165) is 0 Å². The topological polar surface area (TPSA) is 96.3 Å². The molecule has 1 aliphatic rings. The summed E-state index contributed by atoms with van der Waals surface area (Å²) in [5.74, 6) is -1.42. The number of phenolic OH excluding ortho intramolecular Hbond substituents is 1. The number of hydrogen-bond donors (Lipinski definition) is 2. The van der Waals surface area contributed by atoms with E-state index >= 15 is 0 Å². The van der Waals surface area contributed by atoms with Gasteiger partial charge in [0.1, 0.15) is 0 Å². The van der Waals surface area contributed by atoms with Crippen LogP contribution < -0.4 is 4.74 Å². The van der Waals surface area contributed by atoms with E-state index in [2.05, 4.69) is 0 Å². The van der Waals surface area contributed by atoms with Gasteiger partial charge in [-0.2, -0.15) is 0 Å². The Balaban J connectivity index is 2.05. The second kappa shape index (κ2) is 8.45. The molecule has 1 aromatic carbocycles. The molecule has 1 amide bonds. The first kappa shape index (κ1) is 19.9. The molecule has 0 fully saturated rings. The van der Waals surface area contributed by atoms with E-state index in [1.165, 1.54) is 29.4 Å². The van der Waals surface area contributed by atoms with Crippen molar-refractivity contribution >= 4 is 23.0 Å². The summed E-state index contributed by atoms with van der Waals surface area (Å²) in [6.07, 6.45) is 0.536. The number of aliphatic hydroxyl groups is 1. The van der Waals surface area contributed by atoms with E-state index < -0.39 is 23.5 Å². The zero-order chi connectivity index (χ0) is 20.3. The highest BCUT2D eigenvalue weighted by Gasteiger charge is 2.43. The number of phenols is 1. The highest BCUT2D eigenvalue weighted by Crippen LogP contribution is 2.41. The summed E-state index contributed by atoms with van der Waals surface area (Å²) in [5, 5.41) is 22.4. The van der Waals surface area contributed by atoms with Gasteiger partial charge in [0.25, 0.3) is 5.91 Å². The predicted octanol–water partition coefficient (Wildman–Crippen LogP) is 3.08. The van der Waals surface area contributed by atoms with Gasteiger partial charge in [-0.05, 0) is 35.6 Å². The molecule has 2 heterocycles. The number of ketones is 1. The Kier molecular flexibility index (Phi) is 6.01. The van der Waals surface area contributed by atoms with Crippen molar-refractivity contribution in [3.8, 4) is 11.5 Å². The van der Waals surface area contributed by atoms with Crippen LogP contribution >= 0.6 is 11.3 Å². The van der Waals surface area contributed by atoms with Crippen LogP contribution in [0.15, 0.2) is 47.0 Å². The number of methoxy groups -OCH3 is 2. The molecule has 8 heteroatoms. The van der Waals surface area contributed by atoms with Crippen molar-refractivity contribution in [1.29, 1.82) is 0 Å². The Morgan fingerprint density at radius 3 is 2.64 bits per heavy atom. The van der Waals surface area contributed by atoms with Crippen LogP contribution in [0.4, 0.5) is 0 Å². The third-order valence-corrected chi connectivity index (χ3v) is 5.43. The smallest absolute Gasteiger partial charge is 0.290 e.